The highest BCUT2D eigenvalue weighted by atomic mass is 16.7. The number of carboxylic acid groups (broad SMARTS) is 1. The zero-order chi connectivity index (χ0) is 68.2. The van der Waals surface area contributed by atoms with E-state index in [0.29, 0.717) is 17.4 Å². The SMILES string of the molecule is CCCCCCCCCC/C=C\CCCCCCCCCCCCCCCCCCCCCC(=O)OC(COC(=O)CCCCCCCCCCCCCCCCCCCCCCCCCCCCCCCCCCCCCCCC)COC(OCC[N+](C)(C)C)C(=O)[O-]. The van der Waals surface area contributed by atoms with Crippen LogP contribution in [0.15, 0.2) is 12.2 Å². The number of likely N-dealkylation sites (N-methyl/N-ethyl adjacent to an activating group) is 1. The minimum absolute atomic E-state index is 0.153. The molecule has 0 saturated heterocycles. The number of ether oxygens (including phenoxy) is 4. The smallest absolute Gasteiger partial charge is 0.306 e. The van der Waals surface area contributed by atoms with Gasteiger partial charge in [-0.1, -0.05) is 418 Å². The zero-order valence-electron chi connectivity index (χ0n) is 64.1. The molecular weight excluding hydrogens is 1160 g/mol. The summed E-state index contributed by atoms with van der Waals surface area (Å²) < 4.78 is 22.9. The highest BCUT2D eigenvalue weighted by Crippen LogP contribution is 2.21. The van der Waals surface area contributed by atoms with Gasteiger partial charge in [-0.05, 0) is 38.5 Å². The molecule has 0 aliphatic heterocycles. The first kappa shape index (κ1) is 92.0. The largest absolute Gasteiger partial charge is 0.545 e. The van der Waals surface area contributed by atoms with Gasteiger partial charge in [0.2, 0.25) is 0 Å². The van der Waals surface area contributed by atoms with Gasteiger partial charge >= 0.3 is 11.9 Å². The number of hydrogen-bond acceptors (Lipinski definition) is 8. The molecule has 0 radical (unpaired) electrons. The molecule has 2 unspecified atom stereocenters. The lowest BCUT2D eigenvalue weighted by atomic mass is 10.0. The lowest BCUT2D eigenvalue weighted by Crippen LogP contribution is -2.44. The van der Waals surface area contributed by atoms with Crippen molar-refractivity contribution in [2.45, 2.75) is 469 Å². The standard InChI is InChI=1S/C85H165NO8/c1-6-8-10-12-14-16-18-20-22-24-26-28-30-32-34-36-38-39-40-41-42-43-44-46-47-49-51-53-55-57-59-61-63-65-67-69-71-73-75-82(87)92-79-81(80-93-85(84(89)90)91-78-77-86(3,4)5)94-83(88)76-74-72-70-68-66-64-62-60-58-56-54-52-50-48-45-37-35-33-31-29-27-25-23-21-19-17-15-13-11-9-7-2/h25,27,81,85H,6-24,26,28-80H2,1-5H3/b27-25-. The fourth-order valence-electron chi connectivity index (χ4n) is 13.3. The van der Waals surface area contributed by atoms with Gasteiger partial charge in [0, 0.05) is 12.8 Å². The molecule has 0 aromatic rings. The van der Waals surface area contributed by atoms with Crippen molar-refractivity contribution in [2.75, 3.05) is 47.5 Å². The minimum Gasteiger partial charge on any atom is -0.545 e. The molecule has 0 aromatic carbocycles. The molecule has 2 atom stereocenters. The molecule has 0 fully saturated rings. The summed E-state index contributed by atoms with van der Waals surface area (Å²) in [4.78, 5) is 37.6. The molecule has 0 rings (SSSR count). The summed E-state index contributed by atoms with van der Waals surface area (Å²) in [5.41, 5.74) is 0. The number of hydrogen-bond donors (Lipinski definition) is 0. The van der Waals surface area contributed by atoms with E-state index in [9.17, 15) is 19.5 Å². The molecule has 0 spiro atoms. The van der Waals surface area contributed by atoms with Gasteiger partial charge in [-0.2, -0.15) is 0 Å². The summed E-state index contributed by atoms with van der Waals surface area (Å²) in [5, 5.41) is 11.9. The maximum atomic E-state index is 13.0. The molecule has 0 saturated carbocycles. The number of esters is 2. The van der Waals surface area contributed by atoms with E-state index in [1.807, 2.05) is 21.1 Å². The molecule has 0 bridgehead atoms. The Balaban J connectivity index is 3.91. The third-order valence-corrected chi connectivity index (χ3v) is 19.8. The van der Waals surface area contributed by atoms with Crippen LogP contribution in [0.5, 0.6) is 0 Å². The second-order valence-electron chi connectivity index (χ2n) is 30.5. The average Bonchev–Trinajstić information content (AvgIpc) is 3.76. The number of carbonyl (C=O) groups excluding carboxylic acids is 3. The summed E-state index contributed by atoms with van der Waals surface area (Å²) in [6.45, 7) is 4.85. The van der Waals surface area contributed by atoms with Crippen LogP contribution >= 0.6 is 0 Å². The molecule has 94 heavy (non-hydrogen) atoms. The number of carboxylic acids is 1. The maximum Gasteiger partial charge on any atom is 0.306 e. The fourth-order valence-corrected chi connectivity index (χ4v) is 13.3. The van der Waals surface area contributed by atoms with Crippen molar-refractivity contribution in [3.05, 3.63) is 12.2 Å². The second kappa shape index (κ2) is 76.8. The van der Waals surface area contributed by atoms with Gasteiger partial charge in [0.1, 0.15) is 13.2 Å². The summed E-state index contributed by atoms with van der Waals surface area (Å²) in [6.07, 6.45) is 93.7. The molecule has 0 aliphatic carbocycles. The van der Waals surface area contributed by atoms with Crippen LogP contribution in [0.3, 0.4) is 0 Å². The first-order valence-electron chi connectivity index (χ1n) is 42.3. The average molecular weight is 1330 g/mol. The van der Waals surface area contributed by atoms with Crippen LogP contribution in [-0.4, -0.2) is 82.3 Å². The molecule has 0 heterocycles. The van der Waals surface area contributed by atoms with Crippen molar-refractivity contribution < 1.29 is 42.9 Å². The molecule has 9 heteroatoms. The normalized spacial score (nSPS) is 12.6. The van der Waals surface area contributed by atoms with Crippen molar-refractivity contribution in [3.63, 3.8) is 0 Å². The van der Waals surface area contributed by atoms with Gasteiger partial charge in [0.25, 0.3) is 0 Å². The van der Waals surface area contributed by atoms with Gasteiger partial charge in [-0.25, -0.2) is 0 Å². The van der Waals surface area contributed by atoms with E-state index in [1.165, 1.54) is 392 Å². The Morgan fingerprint density at radius 1 is 0.309 bits per heavy atom. The fraction of sp³-hybridized carbons (Fsp3) is 0.941. The van der Waals surface area contributed by atoms with Gasteiger partial charge in [0.05, 0.1) is 40.3 Å². The zero-order valence-corrected chi connectivity index (χ0v) is 64.1. The van der Waals surface area contributed by atoms with E-state index >= 15 is 0 Å². The Morgan fingerprint density at radius 3 is 0.787 bits per heavy atom. The van der Waals surface area contributed by atoms with Crippen LogP contribution in [-0.2, 0) is 33.3 Å². The molecule has 0 N–H and O–H groups in total. The third-order valence-electron chi connectivity index (χ3n) is 19.8. The predicted octanol–water partition coefficient (Wildman–Crippen LogP) is 25.8. The number of carbonyl (C=O) groups is 3. The van der Waals surface area contributed by atoms with Crippen LogP contribution < -0.4 is 5.11 Å². The van der Waals surface area contributed by atoms with E-state index in [0.717, 1.165) is 38.5 Å². The number of allylic oxidation sites excluding steroid dienone is 2. The van der Waals surface area contributed by atoms with Crippen LogP contribution in [0.25, 0.3) is 0 Å². The van der Waals surface area contributed by atoms with E-state index in [2.05, 4.69) is 26.0 Å². The lowest BCUT2D eigenvalue weighted by Gasteiger charge is -2.26. The molecule has 0 amide bonds. The lowest BCUT2D eigenvalue weighted by molar-refractivity contribution is -0.870. The Hall–Kier alpha value is -1.97. The van der Waals surface area contributed by atoms with Crippen LogP contribution in [0.2, 0.25) is 0 Å². The van der Waals surface area contributed by atoms with Crippen molar-refractivity contribution in [3.8, 4) is 0 Å². The molecule has 558 valence electrons. The van der Waals surface area contributed by atoms with Crippen LogP contribution in [0, 0.1) is 0 Å². The number of rotatable bonds is 81. The van der Waals surface area contributed by atoms with Crippen molar-refractivity contribution in [1.29, 1.82) is 0 Å². The van der Waals surface area contributed by atoms with E-state index in [-0.39, 0.29) is 32.2 Å². The quantitative estimate of drug-likeness (QED) is 0.0195. The first-order chi connectivity index (χ1) is 46.1. The van der Waals surface area contributed by atoms with E-state index < -0.39 is 24.3 Å². The highest BCUT2D eigenvalue weighted by molar-refractivity contribution is 5.70. The van der Waals surface area contributed by atoms with Gasteiger partial charge in [-0.15, -0.1) is 0 Å². The number of quaternary nitrogens is 1. The minimum atomic E-state index is -1.62. The molecule has 0 aliphatic rings. The Morgan fingerprint density at radius 2 is 0.543 bits per heavy atom. The van der Waals surface area contributed by atoms with E-state index in [4.69, 9.17) is 18.9 Å². The van der Waals surface area contributed by atoms with Crippen molar-refractivity contribution in [1.82, 2.24) is 0 Å². The van der Waals surface area contributed by atoms with E-state index in [1.54, 1.807) is 0 Å². The Kier molecular flexibility index (Phi) is 75.2. The summed E-state index contributed by atoms with van der Waals surface area (Å²) in [6, 6.07) is 0. The monoisotopic (exact) mass is 1330 g/mol. The number of unbranched alkanes of at least 4 members (excludes halogenated alkanes) is 64. The number of nitrogens with zero attached hydrogens (tertiary/aromatic N) is 1. The van der Waals surface area contributed by atoms with Crippen LogP contribution in [0.1, 0.15) is 457 Å². The van der Waals surface area contributed by atoms with Crippen molar-refractivity contribution in [2.24, 2.45) is 0 Å². The molecule has 0 aromatic heterocycles. The summed E-state index contributed by atoms with van der Waals surface area (Å²) in [5.74, 6) is -2.24. The predicted molar refractivity (Wildman–Crippen MR) is 403 cm³/mol. The maximum absolute atomic E-state index is 13.0. The third kappa shape index (κ3) is 77.4. The first-order valence-corrected chi connectivity index (χ1v) is 42.3. The molecule has 9 nitrogen and oxygen atoms in total. The topological polar surface area (TPSA) is 111 Å². The van der Waals surface area contributed by atoms with Crippen molar-refractivity contribution >= 4 is 17.9 Å². The Bertz CT molecular complexity index is 1550. The highest BCUT2D eigenvalue weighted by Gasteiger charge is 2.22. The summed E-state index contributed by atoms with van der Waals surface area (Å²) in [7, 11) is 5.96. The summed E-state index contributed by atoms with van der Waals surface area (Å²) >= 11 is 0. The molecular formula is C85H165NO8. The van der Waals surface area contributed by atoms with Gasteiger partial charge < -0.3 is 33.3 Å². The van der Waals surface area contributed by atoms with Gasteiger partial charge in [-0.3, -0.25) is 9.59 Å². The van der Waals surface area contributed by atoms with Gasteiger partial charge in [0.15, 0.2) is 12.4 Å². The van der Waals surface area contributed by atoms with Crippen LogP contribution in [0.4, 0.5) is 0 Å². The second-order valence-corrected chi connectivity index (χ2v) is 30.5. The number of aliphatic carboxylic acids is 1. The Labute approximate surface area is 586 Å².